The van der Waals surface area contributed by atoms with Crippen LogP contribution >= 0.6 is 0 Å². The Hall–Kier alpha value is -1.92. The van der Waals surface area contributed by atoms with E-state index in [0.717, 1.165) is 69.4 Å². The monoisotopic (exact) mass is 342 g/mol. The molecule has 0 N–H and O–H groups in total. The van der Waals surface area contributed by atoms with Crippen LogP contribution in [0.15, 0.2) is 18.2 Å². The van der Waals surface area contributed by atoms with Crippen LogP contribution in [0.25, 0.3) is 0 Å². The van der Waals surface area contributed by atoms with Crippen molar-refractivity contribution in [1.82, 2.24) is 19.7 Å². The third-order valence-corrected chi connectivity index (χ3v) is 5.23. The van der Waals surface area contributed by atoms with Crippen LogP contribution in [0.5, 0.6) is 5.75 Å². The Labute approximate surface area is 148 Å². The van der Waals surface area contributed by atoms with E-state index >= 15 is 0 Å². The van der Waals surface area contributed by atoms with Gasteiger partial charge in [0.25, 0.3) is 0 Å². The van der Waals surface area contributed by atoms with Crippen LogP contribution in [0.4, 0.5) is 0 Å². The summed E-state index contributed by atoms with van der Waals surface area (Å²) in [5.74, 6) is 3.07. The zero-order chi connectivity index (χ0) is 17.2. The molecule has 134 valence electrons. The van der Waals surface area contributed by atoms with Gasteiger partial charge in [0, 0.05) is 39.2 Å². The summed E-state index contributed by atoms with van der Waals surface area (Å²) in [6.07, 6.45) is 3.26. The summed E-state index contributed by atoms with van der Waals surface area (Å²) in [5, 5.41) is 8.85. The summed E-state index contributed by atoms with van der Waals surface area (Å²) in [6, 6.07) is 6.45. The number of fused-ring (bicyclic) bond motifs is 1. The highest BCUT2D eigenvalue weighted by Crippen LogP contribution is 2.28. The molecule has 6 nitrogen and oxygen atoms in total. The van der Waals surface area contributed by atoms with Gasteiger partial charge in [-0.15, -0.1) is 10.2 Å². The average Bonchev–Trinajstić information content (AvgIpc) is 3.23. The molecule has 0 spiro atoms. The predicted octanol–water partition coefficient (Wildman–Crippen LogP) is 2.50. The average molecular weight is 342 g/mol. The molecule has 2 aliphatic rings. The van der Waals surface area contributed by atoms with Gasteiger partial charge >= 0.3 is 0 Å². The molecule has 0 amide bonds. The van der Waals surface area contributed by atoms with Crippen LogP contribution in [-0.4, -0.2) is 46.5 Å². The fraction of sp³-hybridized carbons (Fsp3) is 0.579. The maximum atomic E-state index is 5.81. The van der Waals surface area contributed by atoms with Gasteiger partial charge in [-0.1, -0.05) is 12.1 Å². The smallest absolute Gasteiger partial charge is 0.162 e. The molecule has 1 fully saturated rings. The Bertz CT molecular complexity index is 737. The third kappa shape index (κ3) is 3.41. The lowest BCUT2D eigenvalue weighted by Gasteiger charge is -2.20. The number of aryl methyl sites for hydroxylation is 1. The summed E-state index contributed by atoms with van der Waals surface area (Å²) in [6.45, 7) is 6.85. The minimum atomic E-state index is 0.136. The molecule has 0 unspecified atom stereocenters. The van der Waals surface area contributed by atoms with Gasteiger partial charge in [0.2, 0.25) is 0 Å². The van der Waals surface area contributed by atoms with Crippen molar-refractivity contribution < 1.29 is 9.47 Å². The van der Waals surface area contributed by atoms with Crippen LogP contribution in [-0.2, 0) is 24.2 Å². The highest BCUT2D eigenvalue weighted by Gasteiger charge is 2.26. The normalized spacial score (nSPS) is 21.1. The van der Waals surface area contributed by atoms with E-state index in [0.29, 0.717) is 0 Å². The Balaban J connectivity index is 1.44. The fourth-order valence-electron chi connectivity index (χ4n) is 3.86. The zero-order valence-electron chi connectivity index (χ0n) is 15.1. The SMILES string of the molecule is COc1ccc(CN2CCc3nnc([C@H]4CCCO4)n3CC2)cc1C. The van der Waals surface area contributed by atoms with Crippen LogP contribution < -0.4 is 4.74 Å². The molecular weight excluding hydrogens is 316 g/mol. The van der Waals surface area contributed by atoms with Crippen molar-refractivity contribution in [3.63, 3.8) is 0 Å². The number of ether oxygens (including phenoxy) is 2. The van der Waals surface area contributed by atoms with E-state index in [1.807, 2.05) is 0 Å². The minimum Gasteiger partial charge on any atom is -0.496 e. The van der Waals surface area contributed by atoms with Gasteiger partial charge in [0.05, 0.1) is 7.11 Å². The van der Waals surface area contributed by atoms with Gasteiger partial charge in [-0.2, -0.15) is 0 Å². The van der Waals surface area contributed by atoms with E-state index in [2.05, 4.69) is 44.8 Å². The molecule has 2 aliphatic heterocycles. The Kier molecular flexibility index (Phi) is 4.72. The van der Waals surface area contributed by atoms with E-state index in [1.165, 1.54) is 11.1 Å². The van der Waals surface area contributed by atoms with Gasteiger partial charge in [0.15, 0.2) is 5.82 Å². The summed E-state index contributed by atoms with van der Waals surface area (Å²) in [7, 11) is 1.72. The molecule has 1 aromatic carbocycles. The lowest BCUT2D eigenvalue weighted by molar-refractivity contribution is 0.101. The van der Waals surface area contributed by atoms with Crippen LogP contribution in [0.2, 0.25) is 0 Å². The van der Waals surface area contributed by atoms with E-state index in [9.17, 15) is 0 Å². The van der Waals surface area contributed by atoms with Crippen molar-refractivity contribution in [1.29, 1.82) is 0 Å². The molecule has 1 atom stereocenters. The standard InChI is InChI=1S/C19H26N4O2/c1-14-12-15(5-6-16(14)24-2)13-22-8-7-18-20-21-19(23(18)10-9-22)17-4-3-11-25-17/h5-6,12,17H,3-4,7-11,13H2,1-2H3/t17-/m1/s1. The largest absolute Gasteiger partial charge is 0.496 e. The van der Waals surface area contributed by atoms with Gasteiger partial charge in [-0.3, -0.25) is 4.90 Å². The second-order valence-electron chi connectivity index (χ2n) is 6.96. The summed E-state index contributed by atoms with van der Waals surface area (Å²) < 4.78 is 13.5. The number of hydrogen-bond donors (Lipinski definition) is 0. The first-order valence-electron chi connectivity index (χ1n) is 9.14. The minimum absolute atomic E-state index is 0.136. The molecule has 2 aromatic rings. The number of rotatable bonds is 4. The molecule has 0 bridgehead atoms. The Morgan fingerprint density at radius 2 is 2.16 bits per heavy atom. The molecular formula is C19H26N4O2. The molecule has 3 heterocycles. The number of methoxy groups -OCH3 is 1. The second kappa shape index (κ2) is 7.14. The predicted molar refractivity (Wildman–Crippen MR) is 94.7 cm³/mol. The number of benzene rings is 1. The second-order valence-corrected chi connectivity index (χ2v) is 6.96. The molecule has 1 aromatic heterocycles. The Morgan fingerprint density at radius 1 is 1.24 bits per heavy atom. The summed E-state index contributed by atoms with van der Waals surface area (Å²) in [4.78, 5) is 2.50. The fourth-order valence-corrected chi connectivity index (χ4v) is 3.86. The van der Waals surface area contributed by atoms with Crippen molar-refractivity contribution in [2.75, 3.05) is 26.8 Å². The number of hydrogen-bond acceptors (Lipinski definition) is 5. The first kappa shape index (κ1) is 16.5. The highest BCUT2D eigenvalue weighted by molar-refractivity contribution is 5.36. The molecule has 0 saturated carbocycles. The van der Waals surface area contributed by atoms with Gasteiger partial charge < -0.3 is 14.0 Å². The van der Waals surface area contributed by atoms with Crippen LogP contribution in [0, 0.1) is 6.92 Å². The maximum absolute atomic E-state index is 5.81. The highest BCUT2D eigenvalue weighted by atomic mass is 16.5. The topological polar surface area (TPSA) is 52.4 Å². The van der Waals surface area contributed by atoms with Crippen LogP contribution in [0.3, 0.4) is 0 Å². The van der Waals surface area contributed by atoms with Gasteiger partial charge in [-0.25, -0.2) is 0 Å². The maximum Gasteiger partial charge on any atom is 0.162 e. The number of aromatic nitrogens is 3. The van der Waals surface area contributed by atoms with Crippen LogP contribution in [0.1, 0.15) is 41.7 Å². The zero-order valence-corrected chi connectivity index (χ0v) is 15.1. The quantitative estimate of drug-likeness (QED) is 0.854. The first-order valence-corrected chi connectivity index (χ1v) is 9.14. The summed E-state index contributed by atoms with van der Waals surface area (Å²) in [5.41, 5.74) is 2.52. The molecule has 0 radical (unpaired) electrons. The summed E-state index contributed by atoms with van der Waals surface area (Å²) >= 11 is 0. The van der Waals surface area contributed by atoms with Gasteiger partial charge in [0.1, 0.15) is 17.7 Å². The van der Waals surface area contributed by atoms with Crippen molar-refractivity contribution in [2.45, 2.75) is 45.4 Å². The van der Waals surface area contributed by atoms with Crippen molar-refractivity contribution in [2.24, 2.45) is 0 Å². The first-order chi connectivity index (χ1) is 12.2. The Morgan fingerprint density at radius 3 is 2.92 bits per heavy atom. The molecule has 0 aliphatic carbocycles. The third-order valence-electron chi connectivity index (χ3n) is 5.23. The van der Waals surface area contributed by atoms with Crippen molar-refractivity contribution >= 4 is 0 Å². The van der Waals surface area contributed by atoms with E-state index in [1.54, 1.807) is 7.11 Å². The molecule has 25 heavy (non-hydrogen) atoms. The van der Waals surface area contributed by atoms with Crippen molar-refractivity contribution in [3.8, 4) is 5.75 Å². The lowest BCUT2D eigenvalue weighted by atomic mass is 10.1. The molecule has 1 saturated heterocycles. The van der Waals surface area contributed by atoms with Crippen molar-refractivity contribution in [3.05, 3.63) is 41.0 Å². The molecule has 6 heteroatoms. The number of nitrogens with zero attached hydrogens (tertiary/aromatic N) is 4. The van der Waals surface area contributed by atoms with Gasteiger partial charge in [-0.05, 0) is 37.0 Å². The van der Waals surface area contributed by atoms with E-state index in [4.69, 9.17) is 9.47 Å². The van der Waals surface area contributed by atoms with E-state index < -0.39 is 0 Å². The van der Waals surface area contributed by atoms with E-state index in [-0.39, 0.29) is 6.10 Å². The lowest BCUT2D eigenvalue weighted by Crippen LogP contribution is -2.27. The molecule has 4 rings (SSSR count).